The number of aryl methyl sites for hydroxylation is 2. The van der Waals surface area contributed by atoms with Gasteiger partial charge < -0.3 is 61.8 Å². The maximum absolute atomic E-state index is 12.6. The van der Waals surface area contributed by atoms with Gasteiger partial charge in [-0.05, 0) is 165 Å². The summed E-state index contributed by atoms with van der Waals surface area (Å²) < 4.78 is 58.6. The van der Waals surface area contributed by atoms with E-state index in [1.807, 2.05) is 36.6 Å². The second-order valence-corrected chi connectivity index (χ2v) is 62.2. The monoisotopic (exact) mass is 1890 g/mol. The van der Waals surface area contributed by atoms with Crippen molar-refractivity contribution in [3.63, 3.8) is 0 Å². The first-order valence-corrected chi connectivity index (χ1v) is 60.0. The number of aromatic amines is 1. The normalized spacial score (nSPS) is 11.4. The molecule has 0 bridgehead atoms. The van der Waals surface area contributed by atoms with E-state index in [2.05, 4.69) is 232 Å². The largest absolute Gasteiger partial charge is 0.466 e. The zero-order valence-corrected chi connectivity index (χ0v) is 84.9. The van der Waals surface area contributed by atoms with Crippen LogP contribution in [-0.4, -0.2) is 168 Å². The van der Waals surface area contributed by atoms with Crippen LogP contribution in [0.25, 0.3) is 62.4 Å². The number of carbonyl (C=O) groups excluding carboxylic acids is 1. The number of nitrogens with zero attached hydrogens (tertiary/aromatic N) is 16. The first kappa shape index (κ1) is 111. The van der Waals surface area contributed by atoms with Crippen molar-refractivity contribution in [2.45, 2.75) is 246 Å². The van der Waals surface area contributed by atoms with E-state index in [4.69, 9.17) is 24.7 Å². The van der Waals surface area contributed by atoms with E-state index >= 15 is 0 Å². The molecule has 0 aliphatic rings. The van der Waals surface area contributed by atoms with Gasteiger partial charge in [0.1, 0.15) is 52.2 Å². The molecule has 0 aliphatic carbocycles. The van der Waals surface area contributed by atoms with E-state index < -0.39 is 73.7 Å². The highest BCUT2D eigenvalue weighted by Gasteiger charge is 2.24. The minimum Gasteiger partial charge on any atom is -0.466 e. The number of H-pyrrole nitrogens is 1. The summed E-state index contributed by atoms with van der Waals surface area (Å²) in [6.45, 7) is 58.1. The van der Waals surface area contributed by atoms with Crippen molar-refractivity contribution in [2.24, 2.45) is 5.92 Å². The molecule has 11 aromatic rings. The number of halogens is 1. The van der Waals surface area contributed by atoms with Crippen LogP contribution in [0.2, 0.25) is 103 Å². The van der Waals surface area contributed by atoms with Gasteiger partial charge in [0.25, 0.3) is 5.56 Å². The van der Waals surface area contributed by atoms with Gasteiger partial charge in [-0.25, -0.2) is 48.3 Å². The summed E-state index contributed by atoms with van der Waals surface area (Å²) in [7, 11) is -3.21. The SMILES string of the molecule is C.CC(C)=Cc1ncnc2cc(C)n(COCC[Si](C)(C)C)c12.CC(C)=Cc1ncnc2cc(Cn3cccc([N+](=O)[O-])c3=O)n(COCC[Si](C)(C)C)c12.CC(C)Cc1ncnc2cc(Cn3cccc(N)c3=O)n(COCC[Si](C)(C)C)c12.CCOC(C)=O.CCc1cc2ncnc(C=C(C)C)c2n1COCC[Si](C)(C)C.CS(=O)(=O)Cl.O=c1[nH]cccc1[N+](=O)[O-]. The van der Waals surface area contributed by atoms with Crippen molar-refractivity contribution in [3.05, 3.63) is 218 Å². The molecule has 0 atom stereocenters. The third-order valence-electron chi connectivity index (χ3n) is 18.7. The standard InChI is InChI=1S/C22H29N5O4Si.C22H33N5O2Si.C18H29N3OSi.C17H27N3OSi.C5H4N2O3.C4H8O2.CH3ClO2S.CH4/c1-16(2)11-18-21-19(24-14-23-18)12-17(26(21)15-31-9-10-32(3,4)5)13-25-8-6-7-20(22(25)28)27(29)30;1-16(2)11-19-21-20(25-14-24-19)12-17(13-26-8-6-7-18(23)22(26)28)27(21)15-29-9-10-30(3,4)5;1-7-15-11-17-18(16(10-14(2)3)19-12-20-17)21(15)13-22-8-9-23(4,5)6;1-13(2)9-15-17-16(19-11-18-15)10-14(3)20(17)12-21-7-8-22(4,5)6;8-5-4(7(9)10)2-1-3-6-5;1-3-6-4(2)5;1-5(2,3)4;/h6-8,11-12,14H,9-10,13,15H2,1-5H3;6-8,12,14,16H,9-11,13,15,23H2,1-5H3;10-12H,7-9,13H2,1-6H3;9-11H,7-8,12H2,1-6H3;1-3H,(H,6,8);3H2,1-2H3;1H3;1H4. The summed E-state index contributed by atoms with van der Waals surface area (Å²) in [6, 6.07) is 21.4. The molecular formula is C90H137ClN18O15SSi4. The number of nitrogen functional groups attached to an aromatic ring is 1. The molecule has 0 spiro atoms. The third kappa shape index (κ3) is 38.6. The van der Waals surface area contributed by atoms with Crippen molar-refractivity contribution < 1.29 is 46.7 Å². The Labute approximate surface area is 766 Å². The van der Waals surface area contributed by atoms with E-state index in [1.54, 1.807) is 55.0 Å². The molecular weight excluding hydrogens is 1750 g/mol. The van der Waals surface area contributed by atoms with Crippen LogP contribution in [-0.2, 0) is 90.4 Å². The van der Waals surface area contributed by atoms with Gasteiger partial charge in [-0.3, -0.25) is 39.4 Å². The summed E-state index contributed by atoms with van der Waals surface area (Å²) in [4.78, 5) is 103. The lowest BCUT2D eigenvalue weighted by Gasteiger charge is -2.18. The molecule has 0 radical (unpaired) electrons. The van der Waals surface area contributed by atoms with Crippen LogP contribution in [0.4, 0.5) is 17.1 Å². The fourth-order valence-corrected chi connectivity index (χ4v) is 15.4. The Morgan fingerprint density at radius 3 is 1.23 bits per heavy atom. The molecule has 11 heterocycles. The highest BCUT2D eigenvalue weighted by molar-refractivity contribution is 8.13. The summed E-state index contributed by atoms with van der Waals surface area (Å²) in [5, 5.41) is 21.2. The minimum absolute atomic E-state index is 0. The molecule has 129 heavy (non-hydrogen) atoms. The molecule has 33 nitrogen and oxygen atoms in total. The summed E-state index contributed by atoms with van der Waals surface area (Å²) in [6.07, 6.45) is 20.0. The van der Waals surface area contributed by atoms with Crippen LogP contribution in [0.1, 0.15) is 129 Å². The number of nitrogens with one attached hydrogen (secondary N) is 1. The molecule has 706 valence electrons. The molecule has 3 N–H and O–H groups in total. The van der Waals surface area contributed by atoms with Crippen LogP contribution in [0.5, 0.6) is 0 Å². The Hall–Kier alpha value is -10.4. The Morgan fingerprint density at radius 1 is 0.527 bits per heavy atom. The van der Waals surface area contributed by atoms with E-state index in [-0.39, 0.29) is 37.9 Å². The molecule has 0 aliphatic heterocycles. The summed E-state index contributed by atoms with van der Waals surface area (Å²) in [5.41, 5.74) is 22.6. The lowest BCUT2D eigenvalue weighted by molar-refractivity contribution is -0.386. The maximum atomic E-state index is 12.6. The lowest BCUT2D eigenvalue weighted by atomic mass is 10.1. The Morgan fingerprint density at radius 2 is 0.876 bits per heavy atom. The van der Waals surface area contributed by atoms with E-state index in [1.165, 1.54) is 71.1 Å². The van der Waals surface area contributed by atoms with Gasteiger partial charge in [-0.15, -0.1) is 0 Å². The Bertz CT molecular complexity index is 5910. The summed E-state index contributed by atoms with van der Waals surface area (Å²) >= 11 is 0. The van der Waals surface area contributed by atoms with Crippen molar-refractivity contribution in [1.29, 1.82) is 0 Å². The van der Waals surface area contributed by atoms with E-state index in [0.29, 0.717) is 45.9 Å². The fraction of sp³-hybridized carbons (Fsp3) is 0.489. The predicted molar refractivity (Wildman–Crippen MR) is 531 cm³/mol. The second kappa shape index (κ2) is 51.8. The topological polar surface area (TPSA) is 409 Å². The van der Waals surface area contributed by atoms with E-state index in [9.17, 15) is 47.8 Å². The number of ether oxygens (including phenoxy) is 5. The number of fused-ring (bicyclic) bond motifs is 4. The highest BCUT2D eigenvalue weighted by atomic mass is 35.7. The molecule has 0 amide bonds. The van der Waals surface area contributed by atoms with Crippen LogP contribution in [0.15, 0.2) is 136 Å². The number of rotatable bonds is 33. The smallest absolute Gasteiger partial charge is 0.334 e. The molecule has 0 aromatic carbocycles. The van der Waals surface area contributed by atoms with Crippen LogP contribution in [0, 0.1) is 33.1 Å². The first-order chi connectivity index (χ1) is 59.8. The number of allylic oxidation sites excluding steroid dienone is 3. The number of nitro groups is 2. The average molecular weight is 1890 g/mol. The van der Waals surface area contributed by atoms with Crippen molar-refractivity contribution in [1.82, 2.24) is 72.3 Å². The fourth-order valence-electron chi connectivity index (χ4n) is 12.3. The third-order valence-corrected chi connectivity index (χ3v) is 25.5. The maximum Gasteiger partial charge on any atom is 0.334 e. The van der Waals surface area contributed by atoms with Gasteiger partial charge in [0.05, 0.1) is 108 Å². The first-order valence-electron chi connectivity index (χ1n) is 42.5. The van der Waals surface area contributed by atoms with Crippen molar-refractivity contribution in [2.75, 3.05) is 45.0 Å². The zero-order chi connectivity index (χ0) is 95.8. The molecule has 11 rings (SSSR count). The number of nitrogens with two attached hydrogens (primary N) is 1. The van der Waals surface area contributed by atoms with E-state index in [0.717, 1.165) is 147 Å². The van der Waals surface area contributed by atoms with Gasteiger partial charge in [-0.1, -0.05) is 123 Å². The van der Waals surface area contributed by atoms with Crippen LogP contribution >= 0.6 is 10.7 Å². The van der Waals surface area contributed by atoms with Gasteiger partial charge in [0.2, 0.25) is 9.05 Å². The number of hydrogen-bond acceptors (Lipinski definition) is 24. The highest BCUT2D eigenvalue weighted by Crippen LogP contribution is 2.29. The second-order valence-electron chi connectivity index (χ2n) is 36.7. The molecule has 11 aromatic heterocycles. The summed E-state index contributed by atoms with van der Waals surface area (Å²) in [5.74, 6) is 0.261. The number of carbonyl (C=O) groups is 1. The van der Waals surface area contributed by atoms with Gasteiger partial charge in [0.15, 0.2) is 0 Å². The molecule has 0 unspecified atom stereocenters. The lowest BCUT2D eigenvalue weighted by Crippen LogP contribution is -2.24. The number of aromatic nitrogens is 15. The molecule has 0 saturated heterocycles. The van der Waals surface area contributed by atoms with Crippen LogP contribution in [0.3, 0.4) is 0 Å². The molecule has 0 saturated carbocycles. The Kier molecular flexibility index (Phi) is 44.6. The minimum atomic E-state index is -3.19. The van der Waals surface area contributed by atoms with Crippen molar-refractivity contribution >= 4 is 137 Å². The van der Waals surface area contributed by atoms with Crippen LogP contribution < -0.4 is 22.4 Å². The number of pyridine rings is 3. The Balaban J connectivity index is 0.000000336. The van der Waals surface area contributed by atoms with Gasteiger partial charge in [0, 0.05) is 130 Å². The number of esters is 1. The zero-order valence-electron chi connectivity index (χ0n) is 79.3. The number of anilines is 1. The van der Waals surface area contributed by atoms with Gasteiger partial charge >= 0.3 is 28.5 Å². The average Bonchev–Trinajstić information content (AvgIpc) is 1.63. The quantitative estimate of drug-likeness (QED) is 0.00963. The van der Waals surface area contributed by atoms with Gasteiger partial charge in [-0.2, -0.15) is 0 Å². The molecule has 39 heteroatoms. The molecule has 0 fully saturated rings. The number of hydrogen-bond donors (Lipinski definition) is 2. The predicted octanol–water partition coefficient (Wildman–Crippen LogP) is 18.9. The van der Waals surface area contributed by atoms with Crippen molar-refractivity contribution in [3.8, 4) is 0 Å².